The van der Waals surface area contributed by atoms with Crippen LogP contribution in [0.25, 0.3) is 0 Å². The highest BCUT2D eigenvalue weighted by Crippen LogP contribution is 2.21. The summed E-state index contributed by atoms with van der Waals surface area (Å²) in [5.74, 6) is 0.825. The summed E-state index contributed by atoms with van der Waals surface area (Å²) in [5, 5.41) is 14.7. The molecule has 1 atom stereocenters. The van der Waals surface area contributed by atoms with Crippen molar-refractivity contribution in [2.24, 2.45) is 7.05 Å². The van der Waals surface area contributed by atoms with E-state index in [4.69, 9.17) is 4.74 Å². The topological polar surface area (TPSA) is 47.3 Å². The van der Waals surface area contributed by atoms with Gasteiger partial charge in [-0.1, -0.05) is 18.2 Å². The average Bonchev–Trinajstić information content (AvgIpc) is 2.66. The van der Waals surface area contributed by atoms with Gasteiger partial charge >= 0.3 is 0 Å². The Morgan fingerprint density at radius 2 is 1.95 bits per heavy atom. The van der Waals surface area contributed by atoms with Crippen molar-refractivity contribution >= 4 is 0 Å². The zero-order valence-electron chi connectivity index (χ0n) is 12.6. The Labute approximate surface area is 120 Å². The van der Waals surface area contributed by atoms with Crippen molar-refractivity contribution in [2.45, 2.75) is 32.8 Å². The maximum absolute atomic E-state index is 10.3. The third kappa shape index (κ3) is 3.02. The zero-order valence-corrected chi connectivity index (χ0v) is 12.6. The van der Waals surface area contributed by atoms with Crippen LogP contribution in [0.15, 0.2) is 24.3 Å². The smallest absolute Gasteiger partial charge is 0.122 e. The lowest BCUT2D eigenvalue weighted by Crippen LogP contribution is -2.15. The summed E-state index contributed by atoms with van der Waals surface area (Å²) >= 11 is 0. The van der Waals surface area contributed by atoms with Crippen molar-refractivity contribution in [3.05, 3.63) is 46.8 Å². The van der Waals surface area contributed by atoms with Gasteiger partial charge in [-0.2, -0.15) is 5.10 Å². The summed E-state index contributed by atoms with van der Waals surface area (Å²) in [7, 11) is 3.58. The van der Waals surface area contributed by atoms with Crippen molar-refractivity contribution in [3.8, 4) is 5.75 Å². The molecule has 4 heteroatoms. The molecule has 0 aliphatic heterocycles. The molecule has 0 fully saturated rings. The van der Waals surface area contributed by atoms with Crippen molar-refractivity contribution in [3.63, 3.8) is 0 Å². The normalized spacial score (nSPS) is 12.4. The summed E-state index contributed by atoms with van der Waals surface area (Å²) < 4.78 is 7.18. The first-order valence-electron chi connectivity index (χ1n) is 6.82. The van der Waals surface area contributed by atoms with Gasteiger partial charge in [0.05, 0.1) is 18.9 Å². The number of hydrogen-bond donors (Lipinski definition) is 1. The molecule has 2 aromatic rings. The molecule has 108 valence electrons. The van der Waals surface area contributed by atoms with Gasteiger partial charge in [0.1, 0.15) is 5.75 Å². The van der Waals surface area contributed by atoms with Gasteiger partial charge < -0.3 is 9.84 Å². The maximum atomic E-state index is 10.3. The first kappa shape index (κ1) is 14.6. The quantitative estimate of drug-likeness (QED) is 0.909. The number of aryl methyl sites for hydroxylation is 2. The lowest BCUT2D eigenvalue weighted by Gasteiger charge is -2.13. The molecule has 0 spiro atoms. The molecular weight excluding hydrogens is 252 g/mol. The van der Waals surface area contributed by atoms with Crippen LogP contribution in [0.2, 0.25) is 0 Å². The van der Waals surface area contributed by atoms with E-state index in [1.807, 2.05) is 49.8 Å². The van der Waals surface area contributed by atoms with E-state index in [2.05, 4.69) is 5.10 Å². The number of para-hydroxylation sites is 1. The molecule has 0 saturated carbocycles. The first-order chi connectivity index (χ1) is 9.52. The van der Waals surface area contributed by atoms with Crippen molar-refractivity contribution in [1.29, 1.82) is 0 Å². The average molecular weight is 274 g/mol. The second-order valence-electron chi connectivity index (χ2n) is 5.15. The van der Waals surface area contributed by atoms with Crippen molar-refractivity contribution in [1.82, 2.24) is 9.78 Å². The first-order valence-corrected chi connectivity index (χ1v) is 6.82. The summed E-state index contributed by atoms with van der Waals surface area (Å²) in [6.45, 7) is 4.02. The van der Waals surface area contributed by atoms with Gasteiger partial charge in [0.25, 0.3) is 0 Å². The van der Waals surface area contributed by atoms with Gasteiger partial charge in [-0.05, 0) is 31.0 Å². The van der Waals surface area contributed by atoms with E-state index < -0.39 is 6.10 Å². The van der Waals surface area contributed by atoms with E-state index in [1.54, 1.807) is 7.11 Å². The van der Waals surface area contributed by atoms with Gasteiger partial charge in [-0.3, -0.25) is 4.68 Å². The number of methoxy groups -OCH3 is 1. The van der Waals surface area contributed by atoms with E-state index in [0.29, 0.717) is 12.8 Å². The van der Waals surface area contributed by atoms with Crippen LogP contribution < -0.4 is 4.74 Å². The molecular formula is C16H22N2O2. The van der Waals surface area contributed by atoms with Gasteiger partial charge in [0.15, 0.2) is 0 Å². The molecule has 1 aromatic carbocycles. The fourth-order valence-electron chi connectivity index (χ4n) is 2.55. The van der Waals surface area contributed by atoms with E-state index in [1.165, 1.54) is 0 Å². The number of rotatable bonds is 5. The fourth-order valence-corrected chi connectivity index (χ4v) is 2.55. The number of nitrogens with zero attached hydrogens (tertiary/aromatic N) is 2. The van der Waals surface area contributed by atoms with E-state index >= 15 is 0 Å². The highest BCUT2D eigenvalue weighted by atomic mass is 16.5. The van der Waals surface area contributed by atoms with Crippen LogP contribution in [0.4, 0.5) is 0 Å². The molecule has 0 saturated heterocycles. The minimum Gasteiger partial charge on any atom is -0.496 e. The molecule has 0 amide bonds. The maximum Gasteiger partial charge on any atom is 0.122 e. The standard InChI is InChI=1S/C16H22N2O2/c1-11-15(12(2)18(3)17-11)10-14(19)9-13-7-5-6-8-16(13)20-4/h5-8,14,19H,9-10H2,1-4H3. The number of aliphatic hydroxyl groups is 1. The molecule has 0 aliphatic carbocycles. The lowest BCUT2D eigenvalue weighted by molar-refractivity contribution is 0.174. The molecule has 20 heavy (non-hydrogen) atoms. The Hall–Kier alpha value is -1.81. The molecule has 1 heterocycles. The van der Waals surface area contributed by atoms with E-state index in [9.17, 15) is 5.11 Å². The largest absolute Gasteiger partial charge is 0.496 e. The number of benzene rings is 1. The molecule has 1 unspecified atom stereocenters. The van der Waals surface area contributed by atoms with Crippen molar-refractivity contribution in [2.75, 3.05) is 7.11 Å². The van der Waals surface area contributed by atoms with Gasteiger partial charge in [0.2, 0.25) is 0 Å². The number of hydrogen-bond acceptors (Lipinski definition) is 3. The highest BCUT2D eigenvalue weighted by molar-refractivity contribution is 5.34. The molecule has 0 bridgehead atoms. The van der Waals surface area contributed by atoms with Crippen LogP contribution in [0.3, 0.4) is 0 Å². The lowest BCUT2D eigenvalue weighted by atomic mass is 9.99. The van der Waals surface area contributed by atoms with Crippen LogP contribution in [0.1, 0.15) is 22.5 Å². The van der Waals surface area contributed by atoms with Gasteiger partial charge in [0, 0.05) is 25.6 Å². The van der Waals surface area contributed by atoms with E-state index in [0.717, 1.165) is 28.3 Å². The van der Waals surface area contributed by atoms with Crippen LogP contribution in [-0.2, 0) is 19.9 Å². The SMILES string of the molecule is COc1ccccc1CC(O)Cc1c(C)nn(C)c1C. The molecule has 0 radical (unpaired) electrons. The monoisotopic (exact) mass is 274 g/mol. The Morgan fingerprint density at radius 3 is 2.55 bits per heavy atom. The molecule has 0 aliphatic rings. The molecule has 1 N–H and O–H groups in total. The minimum atomic E-state index is -0.437. The Bertz CT molecular complexity index is 590. The highest BCUT2D eigenvalue weighted by Gasteiger charge is 2.15. The minimum absolute atomic E-state index is 0.437. The van der Waals surface area contributed by atoms with Crippen LogP contribution in [-0.4, -0.2) is 28.1 Å². The Kier molecular flexibility index (Phi) is 4.45. The number of aromatic nitrogens is 2. The van der Waals surface area contributed by atoms with Gasteiger partial charge in [-0.25, -0.2) is 0 Å². The second-order valence-corrected chi connectivity index (χ2v) is 5.15. The second kappa shape index (κ2) is 6.09. The molecule has 2 rings (SSSR count). The predicted molar refractivity (Wildman–Crippen MR) is 79.1 cm³/mol. The third-order valence-electron chi connectivity index (χ3n) is 3.75. The zero-order chi connectivity index (χ0) is 14.7. The van der Waals surface area contributed by atoms with E-state index in [-0.39, 0.29) is 0 Å². The van der Waals surface area contributed by atoms with Crippen LogP contribution in [0, 0.1) is 13.8 Å². The van der Waals surface area contributed by atoms with Crippen LogP contribution in [0.5, 0.6) is 5.75 Å². The van der Waals surface area contributed by atoms with Gasteiger partial charge in [-0.15, -0.1) is 0 Å². The third-order valence-corrected chi connectivity index (χ3v) is 3.75. The summed E-state index contributed by atoms with van der Waals surface area (Å²) in [4.78, 5) is 0. The molecule has 4 nitrogen and oxygen atoms in total. The molecule has 1 aromatic heterocycles. The summed E-state index contributed by atoms with van der Waals surface area (Å²) in [6.07, 6.45) is 0.759. The van der Waals surface area contributed by atoms with Crippen molar-refractivity contribution < 1.29 is 9.84 Å². The predicted octanol–water partition coefficient (Wildman–Crippen LogP) is 2.19. The summed E-state index contributed by atoms with van der Waals surface area (Å²) in [5.41, 5.74) is 4.27. The fraction of sp³-hybridized carbons (Fsp3) is 0.438. The Balaban J connectivity index is 2.11. The summed E-state index contributed by atoms with van der Waals surface area (Å²) in [6, 6.07) is 7.81. The Morgan fingerprint density at radius 1 is 1.25 bits per heavy atom. The number of aliphatic hydroxyl groups excluding tert-OH is 1. The number of ether oxygens (including phenoxy) is 1. The van der Waals surface area contributed by atoms with Crippen LogP contribution >= 0.6 is 0 Å².